The molecular weight excluding hydrogens is 348 g/mol. The number of carbonyl (C=O) groups excluding carboxylic acids is 2. The molecule has 3 rings (SSSR count). The Labute approximate surface area is 158 Å². The Kier molecular flexibility index (Phi) is 5.32. The maximum Gasteiger partial charge on any atom is 0.412 e. The number of rotatable bonds is 3. The molecule has 0 atom stereocenters. The summed E-state index contributed by atoms with van der Waals surface area (Å²) < 4.78 is 5.23. The summed E-state index contributed by atoms with van der Waals surface area (Å²) in [6.07, 6.45) is 0.824. The van der Waals surface area contributed by atoms with Gasteiger partial charge in [-0.2, -0.15) is 0 Å². The first kappa shape index (κ1) is 18.5. The lowest BCUT2D eigenvalue weighted by atomic mass is 10.1. The largest absolute Gasteiger partial charge is 0.444 e. The summed E-state index contributed by atoms with van der Waals surface area (Å²) in [5, 5.41) is 4.79. The number of amides is 2. The highest BCUT2D eigenvalue weighted by molar-refractivity contribution is 7.10. The lowest BCUT2D eigenvalue weighted by Crippen LogP contribution is -2.36. The van der Waals surface area contributed by atoms with Crippen molar-refractivity contribution < 1.29 is 14.3 Å². The van der Waals surface area contributed by atoms with E-state index in [1.807, 2.05) is 37.8 Å². The van der Waals surface area contributed by atoms with Crippen LogP contribution in [-0.2, 0) is 28.9 Å². The molecule has 0 aliphatic carbocycles. The minimum absolute atomic E-state index is 0.134. The lowest BCUT2D eigenvalue weighted by molar-refractivity contribution is -0.131. The molecule has 0 radical (unpaired) electrons. The van der Waals surface area contributed by atoms with E-state index in [0.29, 0.717) is 18.7 Å². The molecule has 5 nitrogen and oxygen atoms in total. The Morgan fingerprint density at radius 2 is 1.92 bits per heavy atom. The van der Waals surface area contributed by atoms with Gasteiger partial charge in [0.25, 0.3) is 0 Å². The van der Waals surface area contributed by atoms with Crippen molar-refractivity contribution in [3.05, 3.63) is 51.7 Å². The first-order valence-corrected chi connectivity index (χ1v) is 9.60. The van der Waals surface area contributed by atoms with Crippen molar-refractivity contribution in [2.45, 2.75) is 45.8 Å². The summed E-state index contributed by atoms with van der Waals surface area (Å²) >= 11 is 1.77. The van der Waals surface area contributed by atoms with Crippen molar-refractivity contribution >= 4 is 29.0 Å². The third-order valence-electron chi connectivity index (χ3n) is 4.11. The van der Waals surface area contributed by atoms with E-state index >= 15 is 0 Å². The Bertz CT molecular complexity index is 790. The average molecular weight is 372 g/mol. The Morgan fingerprint density at radius 1 is 1.19 bits per heavy atom. The normalized spacial score (nSPS) is 13.9. The van der Waals surface area contributed by atoms with Crippen LogP contribution in [0.3, 0.4) is 0 Å². The molecule has 2 aromatic rings. The molecule has 138 valence electrons. The van der Waals surface area contributed by atoms with Crippen molar-refractivity contribution in [2.24, 2.45) is 0 Å². The molecule has 1 aliphatic heterocycles. The molecule has 1 aliphatic rings. The summed E-state index contributed by atoms with van der Waals surface area (Å²) in [5.74, 6) is 0.134. The number of nitrogens with one attached hydrogen (secondary N) is 1. The van der Waals surface area contributed by atoms with Crippen LogP contribution in [0.25, 0.3) is 0 Å². The summed E-state index contributed by atoms with van der Waals surface area (Å²) in [7, 11) is 0. The standard InChI is InChI=1S/C20H24N2O3S/c1-20(2,3)25-19(24)21-16-6-4-14(5-7-16)12-18(23)22-10-8-17-15(13-22)9-11-26-17/h4-7,9,11H,8,10,12-13H2,1-3H3,(H,21,24). The zero-order valence-corrected chi connectivity index (χ0v) is 16.2. The van der Waals surface area contributed by atoms with Crippen molar-refractivity contribution in [3.63, 3.8) is 0 Å². The minimum Gasteiger partial charge on any atom is -0.444 e. The van der Waals surface area contributed by atoms with Crippen LogP contribution < -0.4 is 5.32 Å². The second kappa shape index (κ2) is 7.50. The van der Waals surface area contributed by atoms with E-state index in [0.717, 1.165) is 18.5 Å². The van der Waals surface area contributed by atoms with Crippen LogP contribution >= 0.6 is 11.3 Å². The molecule has 1 aromatic heterocycles. The molecule has 2 heterocycles. The van der Waals surface area contributed by atoms with Crippen molar-refractivity contribution in [1.29, 1.82) is 0 Å². The van der Waals surface area contributed by atoms with Crippen LogP contribution in [0.2, 0.25) is 0 Å². The molecule has 26 heavy (non-hydrogen) atoms. The Morgan fingerprint density at radius 3 is 2.62 bits per heavy atom. The molecular formula is C20H24N2O3S. The first-order chi connectivity index (χ1) is 12.3. The van der Waals surface area contributed by atoms with Gasteiger partial charge in [0, 0.05) is 23.7 Å². The number of thiophene rings is 1. The number of anilines is 1. The van der Waals surface area contributed by atoms with Crippen LogP contribution in [0.1, 0.15) is 36.8 Å². The van der Waals surface area contributed by atoms with E-state index in [2.05, 4.69) is 16.8 Å². The first-order valence-electron chi connectivity index (χ1n) is 8.72. The zero-order valence-electron chi connectivity index (χ0n) is 15.4. The predicted octanol–water partition coefficient (Wildman–Crippen LogP) is 4.22. The van der Waals surface area contributed by atoms with Crippen LogP contribution in [0.5, 0.6) is 0 Å². The molecule has 1 aromatic carbocycles. The van der Waals surface area contributed by atoms with E-state index in [-0.39, 0.29) is 5.91 Å². The average Bonchev–Trinajstić information content (AvgIpc) is 3.02. The van der Waals surface area contributed by atoms with Gasteiger partial charge in [0.2, 0.25) is 5.91 Å². The number of carbonyl (C=O) groups is 2. The van der Waals surface area contributed by atoms with Gasteiger partial charge >= 0.3 is 6.09 Å². The highest BCUT2D eigenvalue weighted by Gasteiger charge is 2.21. The SMILES string of the molecule is CC(C)(C)OC(=O)Nc1ccc(CC(=O)N2CCc3sccc3C2)cc1. The molecule has 0 saturated heterocycles. The quantitative estimate of drug-likeness (QED) is 0.877. The van der Waals surface area contributed by atoms with Gasteiger partial charge in [-0.15, -0.1) is 11.3 Å². The number of fused-ring (bicyclic) bond motifs is 1. The van der Waals surface area contributed by atoms with Gasteiger partial charge in [0.15, 0.2) is 0 Å². The highest BCUT2D eigenvalue weighted by atomic mass is 32.1. The molecule has 0 fully saturated rings. The topological polar surface area (TPSA) is 58.6 Å². The van der Waals surface area contributed by atoms with Crippen molar-refractivity contribution in [2.75, 3.05) is 11.9 Å². The highest BCUT2D eigenvalue weighted by Crippen LogP contribution is 2.24. The molecule has 0 spiro atoms. The van der Waals surface area contributed by atoms with Gasteiger partial charge in [-0.25, -0.2) is 4.79 Å². The molecule has 1 N–H and O–H groups in total. The number of benzene rings is 1. The maximum atomic E-state index is 12.6. The fourth-order valence-corrected chi connectivity index (χ4v) is 3.76. The van der Waals surface area contributed by atoms with Crippen LogP contribution in [0.4, 0.5) is 10.5 Å². The maximum absolute atomic E-state index is 12.6. The molecule has 0 unspecified atom stereocenters. The third kappa shape index (κ3) is 4.85. The van der Waals surface area contributed by atoms with Crippen LogP contribution in [0, 0.1) is 0 Å². The predicted molar refractivity (Wildman–Crippen MR) is 103 cm³/mol. The van der Waals surface area contributed by atoms with Gasteiger partial charge in [-0.1, -0.05) is 12.1 Å². The number of nitrogens with zero attached hydrogens (tertiary/aromatic N) is 1. The third-order valence-corrected chi connectivity index (χ3v) is 5.14. The van der Waals surface area contributed by atoms with Crippen LogP contribution in [-0.4, -0.2) is 29.0 Å². The molecule has 0 saturated carbocycles. The van der Waals surface area contributed by atoms with E-state index in [9.17, 15) is 9.59 Å². The van der Waals surface area contributed by atoms with Crippen molar-refractivity contribution in [1.82, 2.24) is 4.90 Å². The summed E-state index contributed by atoms with van der Waals surface area (Å²) in [6, 6.07) is 9.42. The number of ether oxygens (including phenoxy) is 1. The van der Waals surface area contributed by atoms with E-state index in [1.165, 1.54) is 10.4 Å². The minimum atomic E-state index is -0.535. The number of hydrogen-bond acceptors (Lipinski definition) is 4. The van der Waals surface area contributed by atoms with Crippen molar-refractivity contribution in [3.8, 4) is 0 Å². The lowest BCUT2D eigenvalue weighted by Gasteiger charge is -2.27. The van der Waals surface area contributed by atoms with Crippen LogP contribution in [0.15, 0.2) is 35.7 Å². The Hall–Kier alpha value is -2.34. The second-order valence-corrected chi connectivity index (χ2v) is 8.44. The smallest absolute Gasteiger partial charge is 0.412 e. The van der Waals surface area contributed by atoms with Gasteiger partial charge in [0.05, 0.1) is 6.42 Å². The molecule has 0 bridgehead atoms. The van der Waals surface area contributed by atoms with Gasteiger partial charge < -0.3 is 9.64 Å². The summed E-state index contributed by atoms with van der Waals surface area (Å²) in [6.45, 7) is 6.95. The monoisotopic (exact) mass is 372 g/mol. The second-order valence-electron chi connectivity index (χ2n) is 7.43. The van der Waals surface area contributed by atoms with E-state index in [4.69, 9.17) is 4.74 Å². The fourth-order valence-electron chi connectivity index (χ4n) is 2.88. The van der Waals surface area contributed by atoms with E-state index < -0.39 is 11.7 Å². The summed E-state index contributed by atoms with van der Waals surface area (Å²) in [4.78, 5) is 27.7. The van der Waals surface area contributed by atoms with Gasteiger partial charge in [-0.3, -0.25) is 10.1 Å². The summed E-state index contributed by atoms with van der Waals surface area (Å²) in [5.41, 5.74) is 2.32. The molecule has 2 amide bonds. The Balaban J connectivity index is 1.54. The fraction of sp³-hybridized carbons (Fsp3) is 0.400. The number of hydrogen-bond donors (Lipinski definition) is 1. The van der Waals surface area contributed by atoms with E-state index in [1.54, 1.807) is 23.5 Å². The van der Waals surface area contributed by atoms with Gasteiger partial charge in [-0.05, 0) is 61.9 Å². The zero-order chi connectivity index (χ0) is 18.7. The van der Waals surface area contributed by atoms with Gasteiger partial charge in [0.1, 0.15) is 5.60 Å². The molecule has 6 heteroatoms.